The summed E-state index contributed by atoms with van der Waals surface area (Å²) in [7, 11) is 3.33. The van der Waals surface area contributed by atoms with E-state index in [9.17, 15) is 4.79 Å². The van der Waals surface area contributed by atoms with Crippen LogP contribution >= 0.6 is 0 Å². The zero-order valence-electron chi connectivity index (χ0n) is 18.4. The standard InChI is InChI=1S/C24H35NO4/c1-6-7-20(26)25-22-23(2,3)16-13-17-21(29-11-10-24(17,22)14-16)15-8-9-18(27-4)19(12-15)28-5/h8-9,12,16-17,21-22H,6-7,10-11,13-14H2,1-5H3,(H,25,26)/t16-,17-,21-,22-,24-/m1/s1. The van der Waals surface area contributed by atoms with Crippen LogP contribution in [-0.4, -0.2) is 32.8 Å². The number of rotatable bonds is 6. The molecule has 1 aromatic rings. The van der Waals surface area contributed by atoms with Crippen LogP contribution in [0.5, 0.6) is 11.5 Å². The molecule has 5 heteroatoms. The fourth-order valence-electron chi connectivity index (χ4n) is 6.61. The maximum atomic E-state index is 12.6. The van der Waals surface area contributed by atoms with Gasteiger partial charge in [0, 0.05) is 19.1 Å². The van der Waals surface area contributed by atoms with Gasteiger partial charge >= 0.3 is 0 Å². The van der Waals surface area contributed by atoms with Crippen LogP contribution in [-0.2, 0) is 9.53 Å². The Morgan fingerprint density at radius 2 is 2.00 bits per heavy atom. The van der Waals surface area contributed by atoms with Crippen LogP contribution in [0.3, 0.4) is 0 Å². The number of amides is 1. The largest absolute Gasteiger partial charge is 0.493 e. The molecule has 1 heterocycles. The zero-order chi connectivity index (χ0) is 20.8. The molecule has 4 rings (SSSR count). The van der Waals surface area contributed by atoms with Gasteiger partial charge in [0.2, 0.25) is 5.91 Å². The van der Waals surface area contributed by atoms with Gasteiger partial charge in [-0.1, -0.05) is 26.8 Å². The van der Waals surface area contributed by atoms with Crippen molar-refractivity contribution in [2.24, 2.45) is 22.7 Å². The first-order valence-corrected chi connectivity index (χ1v) is 11.0. The summed E-state index contributed by atoms with van der Waals surface area (Å²) in [6.07, 6.45) is 4.90. The Morgan fingerprint density at radius 3 is 2.69 bits per heavy atom. The van der Waals surface area contributed by atoms with Crippen LogP contribution in [0.4, 0.5) is 0 Å². The first-order chi connectivity index (χ1) is 13.9. The Labute approximate surface area is 174 Å². The lowest BCUT2D eigenvalue weighted by atomic mass is 9.59. The summed E-state index contributed by atoms with van der Waals surface area (Å²) in [5.74, 6) is 2.70. The second-order valence-electron chi connectivity index (χ2n) is 9.70. The number of nitrogens with one attached hydrogen (secondary N) is 1. The van der Waals surface area contributed by atoms with Crippen molar-refractivity contribution in [2.75, 3.05) is 20.8 Å². The van der Waals surface area contributed by atoms with Crippen LogP contribution < -0.4 is 14.8 Å². The number of ether oxygens (including phenoxy) is 3. The molecule has 1 aromatic carbocycles. The molecule has 1 saturated heterocycles. The van der Waals surface area contributed by atoms with Gasteiger partial charge in [0.15, 0.2) is 11.5 Å². The van der Waals surface area contributed by atoms with E-state index >= 15 is 0 Å². The minimum absolute atomic E-state index is 0.0373. The number of carbonyl (C=O) groups is 1. The lowest BCUT2D eigenvalue weighted by molar-refractivity contribution is -0.137. The van der Waals surface area contributed by atoms with Crippen molar-refractivity contribution in [1.29, 1.82) is 0 Å². The minimum Gasteiger partial charge on any atom is -0.493 e. The van der Waals surface area contributed by atoms with Crippen LogP contribution in [0.25, 0.3) is 0 Å². The third kappa shape index (κ3) is 3.13. The van der Waals surface area contributed by atoms with Crippen LogP contribution in [0, 0.1) is 22.7 Å². The van der Waals surface area contributed by atoms with Crippen molar-refractivity contribution >= 4 is 5.91 Å². The van der Waals surface area contributed by atoms with Gasteiger partial charge in [-0.05, 0) is 66.0 Å². The molecule has 2 aliphatic carbocycles. The molecule has 1 spiro atoms. The van der Waals surface area contributed by atoms with Crippen molar-refractivity contribution in [3.63, 3.8) is 0 Å². The Kier molecular flexibility index (Phi) is 5.30. The van der Waals surface area contributed by atoms with Crippen molar-refractivity contribution in [2.45, 2.75) is 65.0 Å². The summed E-state index contributed by atoms with van der Waals surface area (Å²) in [6, 6.07) is 6.34. The summed E-state index contributed by atoms with van der Waals surface area (Å²) in [5.41, 5.74) is 1.39. The van der Waals surface area contributed by atoms with E-state index in [1.54, 1.807) is 14.2 Å². The van der Waals surface area contributed by atoms with Crippen LogP contribution in [0.1, 0.15) is 64.5 Å². The van der Waals surface area contributed by atoms with E-state index in [0.717, 1.165) is 42.9 Å². The van der Waals surface area contributed by atoms with Gasteiger partial charge in [0.1, 0.15) is 0 Å². The maximum absolute atomic E-state index is 12.6. The molecular weight excluding hydrogens is 366 g/mol. The highest BCUT2D eigenvalue weighted by Gasteiger charge is 2.68. The van der Waals surface area contributed by atoms with Gasteiger partial charge in [-0.25, -0.2) is 0 Å². The highest BCUT2D eigenvalue weighted by Crippen LogP contribution is 2.70. The predicted molar refractivity (Wildman–Crippen MR) is 112 cm³/mol. The molecule has 1 amide bonds. The summed E-state index contributed by atoms with van der Waals surface area (Å²) in [4.78, 5) is 12.6. The average Bonchev–Trinajstić information content (AvgIpc) is 3.20. The quantitative estimate of drug-likeness (QED) is 0.762. The third-order valence-corrected chi connectivity index (χ3v) is 8.02. The van der Waals surface area contributed by atoms with Gasteiger partial charge < -0.3 is 19.5 Å². The first-order valence-electron chi connectivity index (χ1n) is 11.0. The van der Waals surface area contributed by atoms with E-state index in [1.165, 1.54) is 6.42 Å². The summed E-state index contributed by atoms with van der Waals surface area (Å²) in [6.45, 7) is 7.49. The molecule has 0 radical (unpaired) electrons. The molecule has 160 valence electrons. The van der Waals surface area contributed by atoms with Crippen LogP contribution in [0.2, 0.25) is 0 Å². The number of carbonyl (C=O) groups excluding carboxylic acids is 1. The fraction of sp³-hybridized carbons (Fsp3) is 0.708. The van der Waals surface area contributed by atoms with Gasteiger partial charge in [-0.3, -0.25) is 4.79 Å². The number of hydrogen-bond donors (Lipinski definition) is 1. The van der Waals surface area contributed by atoms with Crippen molar-refractivity contribution in [3.8, 4) is 11.5 Å². The van der Waals surface area contributed by atoms with E-state index in [4.69, 9.17) is 14.2 Å². The molecule has 5 nitrogen and oxygen atoms in total. The topological polar surface area (TPSA) is 56.8 Å². The second-order valence-corrected chi connectivity index (χ2v) is 9.70. The highest BCUT2D eigenvalue weighted by atomic mass is 16.5. The Bertz CT molecular complexity index is 776. The van der Waals surface area contributed by atoms with Gasteiger partial charge in [0.05, 0.1) is 20.3 Å². The van der Waals surface area contributed by atoms with Gasteiger partial charge in [0.25, 0.3) is 0 Å². The van der Waals surface area contributed by atoms with Crippen molar-refractivity contribution in [1.82, 2.24) is 5.32 Å². The van der Waals surface area contributed by atoms with E-state index in [1.807, 2.05) is 6.07 Å². The molecule has 2 saturated carbocycles. The Morgan fingerprint density at radius 1 is 1.24 bits per heavy atom. The third-order valence-electron chi connectivity index (χ3n) is 8.02. The molecular formula is C24H35NO4. The number of benzene rings is 1. The van der Waals surface area contributed by atoms with E-state index in [0.29, 0.717) is 18.3 Å². The maximum Gasteiger partial charge on any atom is 0.220 e. The average molecular weight is 402 g/mol. The molecule has 0 aromatic heterocycles. The van der Waals surface area contributed by atoms with Gasteiger partial charge in [-0.15, -0.1) is 0 Å². The summed E-state index contributed by atoms with van der Waals surface area (Å²) >= 11 is 0. The molecule has 3 fully saturated rings. The fourth-order valence-corrected chi connectivity index (χ4v) is 6.61. The molecule has 5 atom stereocenters. The second kappa shape index (κ2) is 7.50. The number of methoxy groups -OCH3 is 2. The number of hydrogen-bond acceptors (Lipinski definition) is 4. The monoisotopic (exact) mass is 401 g/mol. The molecule has 29 heavy (non-hydrogen) atoms. The lowest BCUT2D eigenvalue weighted by Crippen LogP contribution is -2.58. The smallest absolute Gasteiger partial charge is 0.220 e. The highest BCUT2D eigenvalue weighted by molar-refractivity contribution is 5.76. The number of fused-ring (bicyclic) bond motifs is 1. The SMILES string of the molecule is CCCC(=O)N[C@@H]1C(C)(C)[C@@H]2C[C@@H]3[C@@H](c4ccc(OC)c(OC)c4)OCC[C@@]31C2. The molecule has 1 N–H and O–H groups in total. The van der Waals surface area contributed by atoms with E-state index in [2.05, 4.69) is 38.2 Å². The molecule has 2 bridgehead atoms. The Hall–Kier alpha value is -1.75. The Balaban J connectivity index is 1.66. The van der Waals surface area contributed by atoms with Gasteiger partial charge in [-0.2, -0.15) is 0 Å². The zero-order valence-corrected chi connectivity index (χ0v) is 18.4. The van der Waals surface area contributed by atoms with Crippen molar-refractivity contribution in [3.05, 3.63) is 23.8 Å². The van der Waals surface area contributed by atoms with E-state index < -0.39 is 0 Å². The van der Waals surface area contributed by atoms with Crippen molar-refractivity contribution < 1.29 is 19.0 Å². The van der Waals surface area contributed by atoms with E-state index in [-0.39, 0.29) is 28.9 Å². The minimum atomic E-state index is 0.0373. The lowest BCUT2D eigenvalue weighted by Gasteiger charge is -2.53. The summed E-state index contributed by atoms with van der Waals surface area (Å²) in [5, 5.41) is 3.47. The molecule has 1 aliphatic heterocycles. The van der Waals surface area contributed by atoms with Crippen LogP contribution in [0.15, 0.2) is 18.2 Å². The predicted octanol–water partition coefficient (Wildman–Crippen LogP) is 4.50. The summed E-state index contributed by atoms with van der Waals surface area (Å²) < 4.78 is 17.3. The molecule has 3 aliphatic rings. The first kappa shape index (κ1) is 20.5. The molecule has 0 unspecified atom stereocenters. The normalized spacial score (nSPS) is 34.5.